The van der Waals surface area contributed by atoms with Crippen LogP contribution in [0.1, 0.15) is 36.9 Å². The Balaban J connectivity index is 1.95. The molecule has 1 aromatic carbocycles. The van der Waals surface area contributed by atoms with Crippen LogP contribution in [0.5, 0.6) is 11.5 Å². The van der Waals surface area contributed by atoms with Crippen molar-refractivity contribution in [3.63, 3.8) is 0 Å². The lowest BCUT2D eigenvalue weighted by Crippen LogP contribution is -2.47. The average molecular weight is 291 g/mol. The molecule has 1 saturated heterocycles. The van der Waals surface area contributed by atoms with E-state index in [0.29, 0.717) is 12.0 Å². The molecule has 0 bridgehead atoms. The summed E-state index contributed by atoms with van der Waals surface area (Å²) in [5, 5.41) is 10.4. The van der Waals surface area contributed by atoms with Crippen LogP contribution >= 0.6 is 0 Å². The topological polar surface area (TPSA) is 41.9 Å². The van der Waals surface area contributed by atoms with E-state index in [9.17, 15) is 5.11 Å². The first-order valence-corrected chi connectivity index (χ1v) is 7.84. The maximum atomic E-state index is 10.4. The van der Waals surface area contributed by atoms with Crippen LogP contribution in [0.25, 0.3) is 0 Å². The minimum Gasteiger partial charge on any atom is -0.493 e. The van der Waals surface area contributed by atoms with Crippen molar-refractivity contribution in [3.05, 3.63) is 23.3 Å². The van der Waals surface area contributed by atoms with E-state index in [2.05, 4.69) is 24.0 Å². The molecule has 4 heteroatoms. The lowest BCUT2D eigenvalue weighted by molar-refractivity contribution is -0.0132. The standard InChI is InChI=1S/C17H25NO3/c1-4-11-10-18-6-5-12-7-16(20-2)17(21-3)8-13(12)14(18)9-15(11)19/h7-8,11,14-15,19H,4-6,9-10H2,1-3H3. The first-order valence-electron chi connectivity index (χ1n) is 7.84. The van der Waals surface area contributed by atoms with E-state index in [1.807, 2.05) is 0 Å². The second kappa shape index (κ2) is 5.85. The molecule has 2 aliphatic rings. The minimum absolute atomic E-state index is 0.199. The number of fused-ring (bicyclic) bond motifs is 3. The molecule has 2 heterocycles. The predicted octanol–water partition coefficient (Wildman–Crippen LogP) is 2.39. The van der Waals surface area contributed by atoms with Crippen LogP contribution in [0.3, 0.4) is 0 Å². The van der Waals surface area contributed by atoms with Gasteiger partial charge in [-0.05, 0) is 48.4 Å². The van der Waals surface area contributed by atoms with Gasteiger partial charge < -0.3 is 14.6 Å². The van der Waals surface area contributed by atoms with Gasteiger partial charge in [-0.15, -0.1) is 0 Å². The van der Waals surface area contributed by atoms with Gasteiger partial charge in [-0.2, -0.15) is 0 Å². The van der Waals surface area contributed by atoms with Crippen LogP contribution in [-0.2, 0) is 6.42 Å². The summed E-state index contributed by atoms with van der Waals surface area (Å²) in [5.41, 5.74) is 2.63. The van der Waals surface area contributed by atoms with Gasteiger partial charge in [-0.25, -0.2) is 0 Å². The number of nitrogens with zero attached hydrogens (tertiary/aromatic N) is 1. The van der Waals surface area contributed by atoms with E-state index in [1.54, 1.807) is 14.2 Å². The summed E-state index contributed by atoms with van der Waals surface area (Å²) in [5.74, 6) is 1.99. The molecule has 1 aromatic rings. The monoisotopic (exact) mass is 291 g/mol. The number of methoxy groups -OCH3 is 2. The molecule has 21 heavy (non-hydrogen) atoms. The van der Waals surface area contributed by atoms with Gasteiger partial charge in [0.2, 0.25) is 0 Å². The maximum absolute atomic E-state index is 10.4. The summed E-state index contributed by atoms with van der Waals surface area (Å²) >= 11 is 0. The van der Waals surface area contributed by atoms with Crippen LogP contribution in [0, 0.1) is 5.92 Å². The van der Waals surface area contributed by atoms with Crippen LogP contribution in [0.15, 0.2) is 12.1 Å². The van der Waals surface area contributed by atoms with Crippen LogP contribution in [0.2, 0.25) is 0 Å². The van der Waals surface area contributed by atoms with Gasteiger partial charge >= 0.3 is 0 Å². The number of hydrogen-bond donors (Lipinski definition) is 1. The van der Waals surface area contributed by atoms with E-state index in [4.69, 9.17) is 9.47 Å². The Labute approximate surface area is 126 Å². The smallest absolute Gasteiger partial charge is 0.161 e. The Hall–Kier alpha value is -1.26. The highest BCUT2D eigenvalue weighted by molar-refractivity contribution is 5.49. The molecule has 0 amide bonds. The van der Waals surface area contributed by atoms with Crippen LogP contribution in [-0.4, -0.2) is 43.4 Å². The third-order valence-corrected chi connectivity index (χ3v) is 5.12. The predicted molar refractivity (Wildman–Crippen MR) is 82.0 cm³/mol. The summed E-state index contributed by atoms with van der Waals surface area (Å²) in [6.45, 7) is 4.23. The zero-order valence-corrected chi connectivity index (χ0v) is 13.1. The summed E-state index contributed by atoms with van der Waals surface area (Å²) in [6, 6.07) is 4.51. The maximum Gasteiger partial charge on any atom is 0.161 e. The second-order valence-corrected chi connectivity index (χ2v) is 6.14. The first kappa shape index (κ1) is 14.7. The van der Waals surface area contributed by atoms with E-state index < -0.39 is 0 Å². The molecule has 3 unspecified atom stereocenters. The molecule has 0 spiro atoms. The molecule has 3 rings (SSSR count). The summed E-state index contributed by atoms with van der Waals surface area (Å²) in [4.78, 5) is 2.52. The molecule has 3 atom stereocenters. The Morgan fingerprint density at radius 2 is 1.95 bits per heavy atom. The lowest BCUT2D eigenvalue weighted by Gasteiger charge is -2.45. The van der Waals surface area contributed by atoms with Crippen molar-refractivity contribution in [3.8, 4) is 11.5 Å². The Bertz CT molecular complexity index is 517. The van der Waals surface area contributed by atoms with Crippen molar-refractivity contribution in [1.82, 2.24) is 4.90 Å². The molecule has 0 radical (unpaired) electrons. The zero-order chi connectivity index (χ0) is 15.0. The quantitative estimate of drug-likeness (QED) is 0.928. The molecule has 0 aliphatic carbocycles. The SMILES string of the molecule is CCC1CN2CCc3cc(OC)c(OC)cc3C2CC1O. The number of benzene rings is 1. The number of rotatable bonds is 3. The Morgan fingerprint density at radius 1 is 1.24 bits per heavy atom. The Kier molecular flexibility index (Phi) is 4.09. The van der Waals surface area contributed by atoms with Gasteiger partial charge in [0.25, 0.3) is 0 Å². The van der Waals surface area contributed by atoms with Crippen molar-refractivity contribution in [2.45, 2.75) is 38.3 Å². The summed E-state index contributed by atoms with van der Waals surface area (Å²) in [6.07, 6.45) is 2.71. The molecule has 1 fully saturated rings. The first-order chi connectivity index (χ1) is 10.2. The van der Waals surface area contributed by atoms with Gasteiger partial charge in [0.05, 0.1) is 20.3 Å². The fourth-order valence-corrected chi connectivity index (χ4v) is 3.82. The highest BCUT2D eigenvalue weighted by atomic mass is 16.5. The number of piperidine rings is 1. The summed E-state index contributed by atoms with van der Waals surface area (Å²) in [7, 11) is 3.35. The van der Waals surface area contributed by atoms with Crippen molar-refractivity contribution < 1.29 is 14.6 Å². The molecule has 2 aliphatic heterocycles. The van der Waals surface area contributed by atoms with E-state index in [1.165, 1.54) is 11.1 Å². The summed E-state index contributed by atoms with van der Waals surface area (Å²) < 4.78 is 10.9. The van der Waals surface area contributed by atoms with Crippen molar-refractivity contribution in [1.29, 1.82) is 0 Å². The van der Waals surface area contributed by atoms with Crippen molar-refractivity contribution >= 4 is 0 Å². The van der Waals surface area contributed by atoms with Gasteiger partial charge in [0.1, 0.15) is 0 Å². The number of ether oxygens (including phenoxy) is 2. The van der Waals surface area contributed by atoms with Gasteiger partial charge in [0, 0.05) is 19.1 Å². The van der Waals surface area contributed by atoms with Crippen molar-refractivity contribution in [2.75, 3.05) is 27.3 Å². The van der Waals surface area contributed by atoms with Crippen LogP contribution in [0.4, 0.5) is 0 Å². The fourth-order valence-electron chi connectivity index (χ4n) is 3.82. The molecular weight excluding hydrogens is 266 g/mol. The van der Waals surface area contributed by atoms with E-state index in [-0.39, 0.29) is 6.10 Å². The normalized spacial score (nSPS) is 28.7. The number of aliphatic hydroxyl groups excluding tert-OH is 1. The van der Waals surface area contributed by atoms with Gasteiger partial charge in [0.15, 0.2) is 11.5 Å². The van der Waals surface area contributed by atoms with Crippen molar-refractivity contribution in [2.24, 2.45) is 5.92 Å². The van der Waals surface area contributed by atoms with E-state index in [0.717, 1.165) is 43.9 Å². The molecule has 0 saturated carbocycles. The Morgan fingerprint density at radius 3 is 2.62 bits per heavy atom. The fraction of sp³-hybridized carbons (Fsp3) is 0.647. The molecule has 116 valence electrons. The number of hydrogen-bond acceptors (Lipinski definition) is 4. The largest absolute Gasteiger partial charge is 0.493 e. The van der Waals surface area contributed by atoms with E-state index >= 15 is 0 Å². The third-order valence-electron chi connectivity index (χ3n) is 5.12. The third kappa shape index (κ3) is 2.51. The molecule has 4 nitrogen and oxygen atoms in total. The van der Waals surface area contributed by atoms with Gasteiger partial charge in [-0.3, -0.25) is 4.90 Å². The second-order valence-electron chi connectivity index (χ2n) is 6.14. The molecule has 1 N–H and O–H groups in total. The highest BCUT2D eigenvalue weighted by Gasteiger charge is 2.37. The highest BCUT2D eigenvalue weighted by Crippen LogP contribution is 2.43. The zero-order valence-electron chi connectivity index (χ0n) is 13.1. The van der Waals surface area contributed by atoms with Crippen LogP contribution < -0.4 is 9.47 Å². The minimum atomic E-state index is -0.199. The molecular formula is C17H25NO3. The molecule has 0 aromatic heterocycles. The van der Waals surface area contributed by atoms with Gasteiger partial charge in [-0.1, -0.05) is 6.92 Å². The average Bonchev–Trinajstić information content (AvgIpc) is 2.52. The number of aliphatic hydroxyl groups is 1. The lowest BCUT2D eigenvalue weighted by atomic mass is 9.81.